The standard InChI is InChI=1S/C9H6Cl3NO3/c10-3-7(14)13-8-5(9(15)16)1-4(11)2-6(8)12/h1-2H,3H2,(H,13,14)(H,15,16)/p-1. The maximum atomic E-state index is 11.0. The molecule has 0 radical (unpaired) electrons. The minimum Gasteiger partial charge on any atom is -0.545 e. The van der Waals surface area contributed by atoms with Crippen LogP contribution in [0, 0.1) is 0 Å². The number of carboxylic acid groups (broad SMARTS) is 1. The molecule has 1 rings (SSSR count). The fourth-order valence-corrected chi connectivity index (χ4v) is 1.64. The van der Waals surface area contributed by atoms with E-state index in [0.29, 0.717) is 0 Å². The van der Waals surface area contributed by atoms with Crippen LogP contribution in [0.2, 0.25) is 10.0 Å². The number of hydrogen-bond acceptors (Lipinski definition) is 3. The zero-order valence-corrected chi connectivity index (χ0v) is 9.99. The lowest BCUT2D eigenvalue weighted by Crippen LogP contribution is -2.25. The second-order valence-electron chi connectivity index (χ2n) is 2.78. The summed E-state index contributed by atoms with van der Waals surface area (Å²) < 4.78 is 0. The Morgan fingerprint density at radius 2 is 1.94 bits per heavy atom. The number of anilines is 1. The monoisotopic (exact) mass is 280 g/mol. The number of alkyl halides is 1. The molecule has 0 aliphatic heterocycles. The molecule has 0 aliphatic carbocycles. The number of hydrogen-bond donors (Lipinski definition) is 1. The quantitative estimate of drug-likeness (QED) is 0.854. The van der Waals surface area contributed by atoms with Gasteiger partial charge in [-0.15, -0.1) is 11.6 Å². The van der Waals surface area contributed by atoms with E-state index in [1.165, 1.54) is 6.07 Å². The minimum atomic E-state index is -1.49. The molecule has 1 aromatic rings. The first-order valence-electron chi connectivity index (χ1n) is 4.02. The molecule has 1 N–H and O–H groups in total. The average Bonchev–Trinajstić information content (AvgIpc) is 2.20. The van der Waals surface area contributed by atoms with E-state index in [1.807, 2.05) is 0 Å². The Morgan fingerprint density at radius 3 is 2.44 bits per heavy atom. The molecule has 86 valence electrons. The molecule has 0 heterocycles. The molecule has 0 unspecified atom stereocenters. The second kappa shape index (κ2) is 5.39. The summed E-state index contributed by atoms with van der Waals surface area (Å²) in [5.74, 6) is -2.38. The van der Waals surface area contributed by atoms with Crippen LogP contribution >= 0.6 is 34.8 Å². The van der Waals surface area contributed by atoms with E-state index >= 15 is 0 Å². The molecular formula is C9H5Cl3NO3-. The SMILES string of the molecule is O=C(CCl)Nc1c(Cl)cc(Cl)cc1C(=O)[O-]. The molecule has 0 saturated carbocycles. The summed E-state index contributed by atoms with van der Waals surface area (Å²) in [5.41, 5.74) is -0.368. The van der Waals surface area contributed by atoms with Gasteiger partial charge in [0.15, 0.2) is 0 Å². The largest absolute Gasteiger partial charge is 0.545 e. The number of nitrogens with one attached hydrogen (secondary N) is 1. The topological polar surface area (TPSA) is 69.2 Å². The Hall–Kier alpha value is -0.970. The van der Waals surface area contributed by atoms with Gasteiger partial charge in [0.1, 0.15) is 5.88 Å². The van der Waals surface area contributed by atoms with Crippen molar-refractivity contribution in [2.75, 3.05) is 11.2 Å². The van der Waals surface area contributed by atoms with Gasteiger partial charge in [0.05, 0.1) is 16.7 Å². The van der Waals surface area contributed by atoms with E-state index in [4.69, 9.17) is 34.8 Å². The van der Waals surface area contributed by atoms with E-state index in [1.54, 1.807) is 0 Å². The molecule has 0 atom stereocenters. The van der Waals surface area contributed by atoms with Crippen LogP contribution in [-0.2, 0) is 4.79 Å². The van der Waals surface area contributed by atoms with E-state index < -0.39 is 11.9 Å². The fourth-order valence-electron chi connectivity index (χ4n) is 1.03. The van der Waals surface area contributed by atoms with Crippen LogP contribution in [0.15, 0.2) is 12.1 Å². The lowest BCUT2D eigenvalue weighted by molar-refractivity contribution is -0.254. The molecule has 7 heteroatoms. The lowest BCUT2D eigenvalue weighted by atomic mass is 10.1. The van der Waals surface area contributed by atoms with Crippen molar-refractivity contribution in [1.82, 2.24) is 0 Å². The molecule has 0 aliphatic rings. The highest BCUT2D eigenvalue weighted by Crippen LogP contribution is 2.29. The predicted molar refractivity (Wildman–Crippen MR) is 60.1 cm³/mol. The molecular weight excluding hydrogens is 276 g/mol. The van der Waals surface area contributed by atoms with E-state index in [-0.39, 0.29) is 27.2 Å². The number of rotatable bonds is 3. The summed E-state index contributed by atoms with van der Waals surface area (Å²) in [6.45, 7) is 0. The first kappa shape index (κ1) is 13.1. The van der Waals surface area contributed by atoms with Crippen LogP contribution in [-0.4, -0.2) is 17.8 Å². The molecule has 16 heavy (non-hydrogen) atoms. The molecule has 0 aromatic heterocycles. The molecule has 0 saturated heterocycles. The number of amides is 1. The molecule has 0 spiro atoms. The summed E-state index contributed by atoms with van der Waals surface area (Å²) in [6, 6.07) is 2.44. The lowest BCUT2D eigenvalue weighted by Gasteiger charge is -2.13. The summed E-state index contributed by atoms with van der Waals surface area (Å²) in [4.78, 5) is 21.8. The van der Waals surface area contributed by atoms with Crippen LogP contribution in [0.1, 0.15) is 10.4 Å². The van der Waals surface area contributed by atoms with Crippen molar-refractivity contribution in [3.05, 3.63) is 27.7 Å². The third-order valence-electron chi connectivity index (χ3n) is 1.66. The van der Waals surface area contributed by atoms with Gasteiger partial charge in [-0.25, -0.2) is 0 Å². The minimum absolute atomic E-state index is 0.00478. The summed E-state index contributed by atoms with van der Waals surface area (Å²) >= 11 is 16.6. The predicted octanol–water partition coefficient (Wildman–Crippen LogP) is 1.53. The number of aromatic carboxylic acids is 1. The van der Waals surface area contributed by atoms with Crippen LogP contribution in [0.4, 0.5) is 5.69 Å². The van der Waals surface area contributed by atoms with Gasteiger partial charge in [-0.05, 0) is 12.1 Å². The number of halogens is 3. The normalized spacial score (nSPS) is 9.94. The van der Waals surface area contributed by atoms with Crippen LogP contribution in [0.25, 0.3) is 0 Å². The van der Waals surface area contributed by atoms with Crippen LogP contribution in [0.3, 0.4) is 0 Å². The Bertz CT molecular complexity index is 448. The van der Waals surface area contributed by atoms with Gasteiger partial charge in [-0.1, -0.05) is 23.2 Å². The van der Waals surface area contributed by atoms with E-state index in [0.717, 1.165) is 6.07 Å². The van der Waals surface area contributed by atoms with E-state index in [9.17, 15) is 14.7 Å². The van der Waals surface area contributed by atoms with Crippen molar-refractivity contribution in [2.45, 2.75) is 0 Å². The van der Waals surface area contributed by atoms with Crippen molar-refractivity contribution < 1.29 is 14.7 Å². The molecule has 4 nitrogen and oxygen atoms in total. The number of carboxylic acids is 1. The molecule has 1 aromatic carbocycles. The Kier molecular flexibility index (Phi) is 4.41. The van der Waals surface area contributed by atoms with Crippen molar-refractivity contribution in [3.63, 3.8) is 0 Å². The Balaban J connectivity index is 3.24. The van der Waals surface area contributed by atoms with Gasteiger partial charge in [0, 0.05) is 10.6 Å². The zero-order valence-electron chi connectivity index (χ0n) is 7.72. The third-order valence-corrected chi connectivity index (χ3v) is 2.42. The van der Waals surface area contributed by atoms with Crippen molar-refractivity contribution in [3.8, 4) is 0 Å². The van der Waals surface area contributed by atoms with Gasteiger partial charge < -0.3 is 15.2 Å². The highest BCUT2D eigenvalue weighted by molar-refractivity contribution is 6.38. The highest BCUT2D eigenvalue weighted by Gasteiger charge is 2.12. The summed E-state index contributed by atoms with van der Waals surface area (Å²) in [5, 5.41) is 13.2. The van der Waals surface area contributed by atoms with Gasteiger partial charge in [0.2, 0.25) is 5.91 Å². The van der Waals surface area contributed by atoms with Crippen molar-refractivity contribution >= 4 is 52.4 Å². The molecule has 0 bridgehead atoms. The number of carbonyl (C=O) groups is 2. The number of carbonyl (C=O) groups excluding carboxylic acids is 2. The van der Waals surface area contributed by atoms with Gasteiger partial charge >= 0.3 is 0 Å². The molecule has 1 amide bonds. The van der Waals surface area contributed by atoms with Crippen molar-refractivity contribution in [2.24, 2.45) is 0 Å². The van der Waals surface area contributed by atoms with Crippen LogP contribution in [0.5, 0.6) is 0 Å². The zero-order chi connectivity index (χ0) is 12.3. The smallest absolute Gasteiger partial charge is 0.239 e. The van der Waals surface area contributed by atoms with Gasteiger partial charge in [-0.3, -0.25) is 4.79 Å². The maximum Gasteiger partial charge on any atom is 0.239 e. The highest BCUT2D eigenvalue weighted by atomic mass is 35.5. The summed E-state index contributed by atoms with van der Waals surface area (Å²) in [6.07, 6.45) is 0. The first-order valence-corrected chi connectivity index (χ1v) is 5.31. The second-order valence-corrected chi connectivity index (χ2v) is 3.89. The molecule has 0 fully saturated rings. The van der Waals surface area contributed by atoms with E-state index in [2.05, 4.69) is 5.32 Å². The maximum absolute atomic E-state index is 11.0. The van der Waals surface area contributed by atoms with Gasteiger partial charge in [-0.2, -0.15) is 0 Å². The number of benzene rings is 1. The Morgan fingerprint density at radius 1 is 1.31 bits per heavy atom. The average molecular weight is 282 g/mol. The first-order chi connectivity index (χ1) is 7.45. The fraction of sp³-hybridized carbons (Fsp3) is 0.111. The van der Waals surface area contributed by atoms with Crippen molar-refractivity contribution in [1.29, 1.82) is 0 Å². The summed E-state index contributed by atoms with van der Waals surface area (Å²) in [7, 11) is 0. The Labute approximate surface area is 106 Å². The van der Waals surface area contributed by atoms with Crippen LogP contribution < -0.4 is 10.4 Å². The third kappa shape index (κ3) is 3.01. The van der Waals surface area contributed by atoms with Gasteiger partial charge in [0.25, 0.3) is 0 Å².